The third-order valence-electron chi connectivity index (χ3n) is 1.69. The van der Waals surface area contributed by atoms with E-state index in [1.54, 1.807) is 31.2 Å². The first kappa shape index (κ1) is 10.5. The number of carbonyl (C=O) groups is 1. The molecule has 0 bridgehead atoms. The first-order valence-corrected chi connectivity index (χ1v) is 4.21. The molecule has 3 heteroatoms. The van der Waals surface area contributed by atoms with Gasteiger partial charge in [-0.25, -0.2) is 4.79 Å². The van der Waals surface area contributed by atoms with Gasteiger partial charge in [-0.15, -0.1) is 0 Å². The van der Waals surface area contributed by atoms with Gasteiger partial charge in [0.1, 0.15) is 5.75 Å². The predicted molar refractivity (Wildman–Crippen MR) is 52.8 cm³/mol. The maximum Gasteiger partial charge on any atom is 0.338 e. The van der Waals surface area contributed by atoms with Gasteiger partial charge < -0.3 is 9.84 Å². The maximum atomic E-state index is 11.2. The summed E-state index contributed by atoms with van der Waals surface area (Å²) in [5, 5.41) is 8.96. The fourth-order valence-corrected chi connectivity index (χ4v) is 0.921. The van der Waals surface area contributed by atoms with Crippen LogP contribution in [0.4, 0.5) is 0 Å². The SMILES string of the molecule is C=C(C)C(=O)Oc1ccccc1CO. The Morgan fingerprint density at radius 2 is 2.14 bits per heavy atom. The van der Waals surface area contributed by atoms with E-state index in [2.05, 4.69) is 6.58 Å². The van der Waals surface area contributed by atoms with Crippen molar-refractivity contribution in [2.75, 3.05) is 0 Å². The van der Waals surface area contributed by atoms with Crippen molar-refractivity contribution in [1.29, 1.82) is 0 Å². The van der Waals surface area contributed by atoms with Crippen LogP contribution < -0.4 is 4.74 Å². The van der Waals surface area contributed by atoms with Gasteiger partial charge in [0.25, 0.3) is 0 Å². The molecule has 3 nitrogen and oxygen atoms in total. The number of aliphatic hydroxyl groups is 1. The molecule has 0 unspecified atom stereocenters. The molecule has 1 rings (SSSR count). The lowest BCUT2D eigenvalue weighted by Gasteiger charge is -2.07. The molecule has 0 fully saturated rings. The van der Waals surface area contributed by atoms with E-state index in [4.69, 9.17) is 9.84 Å². The average Bonchev–Trinajstić information content (AvgIpc) is 2.18. The van der Waals surface area contributed by atoms with E-state index in [9.17, 15) is 4.79 Å². The molecule has 0 spiro atoms. The number of aliphatic hydroxyl groups excluding tert-OH is 1. The smallest absolute Gasteiger partial charge is 0.338 e. The summed E-state index contributed by atoms with van der Waals surface area (Å²) >= 11 is 0. The molecule has 0 atom stereocenters. The number of ether oxygens (including phenoxy) is 1. The molecule has 0 saturated heterocycles. The van der Waals surface area contributed by atoms with E-state index >= 15 is 0 Å². The molecule has 0 aromatic heterocycles. The quantitative estimate of drug-likeness (QED) is 0.450. The number of hydrogen-bond donors (Lipinski definition) is 1. The van der Waals surface area contributed by atoms with E-state index < -0.39 is 5.97 Å². The summed E-state index contributed by atoms with van der Waals surface area (Å²) < 4.78 is 5.00. The summed E-state index contributed by atoms with van der Waals surface area (Å²) in [5.41, 5.74) is 0.917. The van der Waals surface area contributed by atoms with Crippen molar-refractivity contribution < 1.29 is 14.6 Å². The van der Waals surface area contributed by atoms with E-state index in [1.165, 1.54) is 0 Å². The maximum absolute atomic E-state index is 11.2. The van der Waals surface area contributed by atoms with Crippen molar-refractivity contribution in [2.24, 2.45) is 0 Å². The minimum Gasteiger partial charge on any atom is -0.423 e. The molecule has 1 aromatic carbocycles. The summed E-state index contributed by atoms with van der Waals surface area (Å²) in [6, 6.07) is 6.83. The molecule has 74 valence electrons. The topological polar surface area (TPSA) is 46.5 Å². The highest BCUT2D eigenvalue weighted by atomic mass is 16.5. The highest BCUT2D eigenvalue weighted by molar-refractivity contribution is 5.88. The zero-order valence-corrected chi connectivity index (χ0v) is 7.99. The van der Waals surface area contributed by atoms with Crippen molar-refractivity contribution in [3.8, 4) is 5.75 Å². The molecule has 0 saturated carbocycles. The van der Waals surface area contributed by atoms with Crippen LogP contribution in [0.15, 0.2) is 36.4 Å². The Bertz CT molecular complexity index is 355. The normalized spacial score (nSPS) is 9.57. The first-order chi connectivity index (χ1) is 6.65. The first-order valence-electron chi connectivity index (χ1n) is 4.21. The Morgan fingerprint density at radius 3 is 2.71 bits per heavy atom. The van der Waals surface area contributed by atoms with Gasteiger partial charge >= 0.3 is 5.97 Å². The Hall–Kier alpha value is -1.61. The van der Waals surface area contributed by atoms with Crippen molar-refractivity contribution in [2.45, 2.75) is 13.5 Å². The monoisotopic (exact) mass is 192 g/mol. The molecule has 0 radical (unpaired) electrons. The number of carbonyl (C=O) groups excluding carboxylic acids is 1. The van der Waals surface area contributed by atoms with Crippen LogP contribution in [-0.4, -0.2) is 11.1 Å². The van der Waals surface area contributed by atoms with Crippen molar-refractivity contribution in [3.63, 3.8) is 0 Å². The molecule has 14 heavy (non-hydrogen) atoms. The van der Waals surface area contributed by atoms with E-state index in [1.807, 2.05) is 0 Å². The summed E-state index contributed by atoms with van der Waals surface area (Å²) in [4.78, 5) is 11.2. The van der Waals surface area contributed by atoms with Crippen LogP contribution in [-0.2, 0) is 11.4 Å². The second-order valence-electron chi connectivity index (χ2n) is 2.94. The Balaban J connectivity index is 2.85. The summed E-state index contributed by atoms with van der Waals surface area (Å²) in [6.07, 6.45) is 0. The lowest BCUT2D eigenvalue weighted by Crippen LogP contribution is -2.09. The molecule has 0 heterocycles. The van der Waals surface area contributed by atoms with E-state index in [0.29, 0.717) is 16.9 Å². The van der Waals surface area contributed by atoms with Gasteiger partial charge in [-0.05, 0) is 13.0 Å². The second kappa shape index (κ2) is 4.58. The fraction of sp³-hybridized carbons (Fsp3) is 0.182. The summed E-state index contributed by atoms with van der Waals surface area (Å²) in [6.45, 7) is 4.89. The van der Waals surface area contributed by atoms with Crippen LogP contribution >= 0.6 is 0 Å². The number of hydrogen-bond acceptors (Lipinski definition) is 3. The van der Waals surface area contributed by atoms with Crippen LogP contribution in [0.2, 0.25) is 0 Å². The average molecular weight is 192 g/mol. The molecule has 0 aliphatic rings. The van der Waals surface area contributed by atoms with Gasteiger partial charge in [-0.1, -0.05) is 24.8 Å². The van der Waals surface area contributed by atoms with Crippen LogP contribution in [0.5, 0.6) is 5.75 Å². The van der Waals surface area contributed by atoms with Crippen LogP contribution in [0, 0.1) is 0 Å². The third kappa shape index (κ3) is 2.44. The van der Waals surface area contributed by atoms with E-state index in [-0.39, 0.29) is 6.61 Å². The molecule has 1 aromatic rings. The molecule has 0 aliphatic heterocycles. The molecule has 1 N–H and O–H groups in total. The Kier molecular flexibility index (Phi) is 3.42. The van der Waals surface area contributed by atoms with Crippen molar-refractivity contribution in [1.82, 2.24) is 0 Å². The lowest BCUT2D eigenvalue weighted by molar-refractivity contribution is -0.130. The molecular weight excluding hydrogens is 180 g/mol. The van der Waals surface area contributed by atoms with Gasteiger partial charge in [0.15, 0.2) is 0 Å². The van der Waals surface area contributed by atoms with Crippen molar-refractivity contribution in [3.05, 3.63) is 42.0 Å². The molecule has 0 aliphatic carbocycles. The van der Waals surface area contributed by atoms with Gasteiger partial charge in [0, 0.05) is 11.1 Å². The van der Waals surface area contributed by atoms with Crippen LogP contribution in [0.3, 0.4) is 0 Å². The molecular formula is C11H12O3. The van der Waals surface area contributed by atoms with Crippen LogP contribution in [0.1, 0.15) is 12.5 Å². The van der Waals surface area contributed by atoms with E-state index in [0.717, 1.165) is 0 Å². The Morgan fingerprint density at radius 1 is 1.50 bits per heavy atom. The van der Waals surface area contributed by atoms with Crippen LogP contribution in [0.25, 0.3) is 0 Å². The predicted octanol–water partition coefficient (Wildman–Crippen LogP) is 1.66. The minimum absolute atomic E-state index is 0.153. The van der Waals surface area contributed by atoms with Gasteiger partial charge in [-0.3, -0.25) is 0 Å². The van der Waals surface area contributed by atoms with Gasteiger partial charge in [0.2, 0.25) is 0 Å². The van der Waals surface area contributed by atoms with Gasteiger partial charge in [0.05, 0.1) is 6.61 Å². The third-order valence-corrected chi connectivity index (χ3v) is 1.69. The number of rotatable bonds is 3. The van der Waals surface area contributed by atoms with Gasteiger partial charge in [-0.2, -0.15) is 0 Å². The second-order valence-corrected chi connectivity index (χ2v) is 2.94. The summed E-state index contributed by atoms with van der Waals surface area (Å²) in [7, 11) is 0. The number of benzene rings is 1. The highest BCUT2D eigenvalue weighted by Gasteiger charge is 2.08. The Labute approximate surface area is 82.6 Å². The van der Waals surface area contributed by atoms with Crippen molar-refractivity contribution >= 4 is 5.97 Å². The summed E-state index contributed by atoms with van der Waals surface area (Å²) in [5.74, 6) is -0.103. The minimum atomic E-state index is -0.481. The largest absolute Gasteiger partial charge is 0.423 e. The zero-order valence-electron chi connectivity index (χ0n) is 7.99. The fourth-order valence-electron chi connectivity index (χ4n) is 0.921. The number of para-hydroxylation sites is 1. The highest BCUT2D eigenvalue weighted by Crippen LogP contribution is 2.18. The standard InChI is InChI=1S/C11H12O3/c1-8(2)11(13)14-10-6-4-3-5-9(10)7-12/h3-6,12H,1,7H2,2H3. The number of esters is 1. The zero-order chi connectivity index (χ0) is 10.6. The lowest BCUT2D eigenvalue weighted by atomic mass is 10.2. The molecule has 0 amide bonds.